The summed E-state index contributed by atoms with van der Waals surface area (Å²) < 4.78 is 5.71. The molecular formula is C18H16BrN3O5S. The summed E-state index contributed by atoms with van der Waals surface area (Å²) in [5, 5.41) is 0. The van der Waals surface area contributed by atoms with Crippen molar-refractivity contribution in [2.24, 2.45) is 0 Å². The molecule has 2 heterocycles. The number of benzene rings is 1. The third kappa shape index (κ3) is 4.29. The van der Waals surface area contributed by atoms with Gasteiger partial charge in [0.2, 0.25) is 5.91 Å². The maximum atomic E-state index is 12.6. The average Bonchev–Trinajstić information content (AvgIpc) is 3.23. The predicted octanol–water partition coefficient (Wildman–Crippen LogP) is 2.25. The summed E-state index contributed by atoms with van der Waals surface area (Å²) in [7, 11) is 0. The van der Waals surface area contributed by atoms with Crippen molar-refractivity contribution in [3.63, 3.8) is 0 Å². The number of hydrogen-bond acceptors (Lipinski definition) is 7. The standard InChI is InChI=1S/C18H16BrN3O5S/c1-2-27-18(26)10-3-5-11(6-4-10)22-15(23)9-12(17(22)25)20-21-16(24)13-7-8-14(19)28-13/h3-8,12,20H,2,9H2,1H3,(H,21,24)/t12-/m0/s1. The lowest BCUT2D eigenvalue weighted by Crippen LogP contribution is -2.48. The number of thiophene rings is 1. The first-order chi connectivity index (χ1) is 13.4. The molecule has 0 unspecified atom stereocenters. The molecule has 1 aliphatic rings. The Morgan fingerprint density at radius 2 is 1.93 bits per heavy atom. The number of rotatable bonds is 6. The summed E-state index contributed by atoms with van der Waals surface area (Å²) in [6.45, 7) is 1.96. The fourth-order valence-corrected chi connectivity index (χ4v) is 3.91. The summed E-state index contributed by atoms with van der Waals surface area (Å²) >= 11 is 4.52. The van der Waals surface area contributed by atoms with Crippen molar-refractivity contribution < 1.29 is 23.9 Å². The molecule has 1 aromatic carbocycles. The van der Waals surface area contributed by atoms with Crippen LogP contribution in [-0.4, -0.2) is 36.3 Å². The van der Waals surface area contributed by atoms with E-state index in [-0.39, 0.29) is 13.0 Å². The Morgan fingerprint density at radius 3 is 2.54 bits per heavy atom. The van der Waals surface area contributed by atoms with Gasteiger partial charge in [0.25, 0.3) is 11.8 Å². The molecule has 0 saturated carbocycles. The number of hydrogen-bond donors (Lipinski definition) is 2. The van der Waals surface area contributed by atoms with Crippen molar-refractivity contribution in [3.8, 4) is 0 Å². The third-order valence-corrected chi connectivity index (χ3v) is 5.56. The van der Waals surface area contributed by atoms with Crippen LogP contribution >= 0.6 is 27.3 Å². The highest BCUT2D eigenvalue weighted by Crippen LogP contribution is 2.24. The van der Waals surface area contributed by atoms with Crippen molar-refractivity contribution in [2.45, 2.75) is 19.4 Å². The van der Waals surface area contributed by atoms with Gasteiger partial charge in [0, 0.05) is 0 Å². The number of nitrogens with zero attached hydrogens (tertiary/aromatic N) is 1. The Hall–Kier alpha value is -2.56. The van der Waals surface area contributed by atoms with Crippen LogP contribution < -0.4 is 15.8 Å². The quantitative estimate of drug-likeness (QED) is 0.385. The van der Waals surface area contributed by atoms with E-state index in [0.717, 1.165) is 8.69 Å². The molecule has 1 aliphatic heterocycles. The minimum Gasteiger partial charge on any atom is -0.462 e. The monoisotopic (exact) mass is 465 g/mol. The van der Waals surface area contributed by atoms with Crippen LogP contribution in [0.1, 0.15) is 33.4 Å². The Bertz CT molecular complexity index is 928. The molecule has 28 heavy (non-hydrogen) atoms. The summed E-state index contributed by atoms with van der Waals surface area (Å²) in [6.07, 6.45) is -0.0904. The minimum atomic E-state index is -0.871. The van der Waals surface area contributed by atoms with E-state index in [9.17, 15) is 19.2 Å². The van der Waals surface area contributed by atoms with E-state index in [1.807, 2.05) is 0 Å². The molecule has 0 aliphatic carbocycles. The van der Waals surface area contributed by atoms with E-state index in [2.05, 4.69) is 26.8 Å². The molecule has 10 heteroatoms. The van der Waals surface area contributed by atoms with Gasteiger partial charge in [0.1, 0.15) is 6.04 Å². The predicted molar refractivity (Wildman–Crippen MR) is 106 cm³/mol. The minimum absolute atomic E-state index is 0.0904. The fourth-order valence-electron chi connectivity index (χ4n) is 2.63. The highest BCUT2D eigenvalue weighted by Gasteiger charge is 2.39. The van der Waals surface area contributed by atoms with E-state index in [4.69, 9.17) is 4.74 Å². The van der Waals surface area contributed by atoms with Crippen LogP contribution in [0.3, 0.4) is 0 Å². The summed E-state index contributed by atoms with van der Waals surface area (Å²) in [4.78, 5) is 50.1. The molecule has 3 rings (SSSR count). The highest BCUT2D eigenvalue weighted by atomic mass is 79.9. The fraction of sp³-hybridized carbons (Fsp3) is 0.222. The molecule has 1 fully saturated rings. The SMILES string of the molecule is CCOC(=O)c1ccc(N2C(=O)C[C@H](NNC(=O)c3ccc(Br)s3)C2=O)cc1. The van der Waals surface area contributed by atoms with Crippen LogP contribution in [0.25, 0.3) is 0 Å². The zero-order chi connectivity index (χ0) is 20.3. The summed E-state index contributed by atoms with van der Waals surface area (Å²) in [5.41, 5.74) is 5.75. The Labute approximate surface area is 172 Å². The molecule has 1 saturated heterocycles. The second kappa shape index (κ2) is 8.63. The molecule has 2 aromatic rings. The van der Waals surface area contributed by atoms with Crippen LogP contribution in [0.15, 0.2) is 40.2 Å². The Kier molecular flexibility index (Phi) is 6.22. The van der Waals surface area contributed by atoms with Crippen molar-refractivity contribution in [2.75, 3.05) is 11.5 Å². The second-order valence-electron chi connectivity index (χ2n) is 5.79. The highest BCUT2D eigenvalue weighted by molar-refractivity contribution is 9.11. The lowest BCUT2D eigenvalue weighted by atomic mass is 10.2. The number of carbonyl (C=O) groups is 4. The normalized spacial score (nSPS) is 16.4. The summed E-state index contributed by atoms with van der Waals surface area (Å²) in [6, 6.07) is 8.51. The van der Waals surface area contributed by atoms with Gasteiger partial charge in [0.05, 0.1) is 32.9 Å². The van der Waals surface area contributed by atoms with Crippen LogP contribution in [0.4, 0.5) is 5.69 Å². The number of amides is 3. The molecule has 3 amide bonds. The van der Waals surface area contributed by atoms with Crippen molar-refractivity contribution >= 4 is 56.6 Å². The first kappa shape index (κ1) is 20.2. The van der Waals surface area contributed by atoms with Gasteiger partial charge in [-0.3, -0.25) is 19.8 Å². The lowest BCUT2D eigenvalue weighted by molar-refractivity contribution is -0.121. The summed E-state index contributed by atoms with van der Waals surface area (Å²) in [5.74, 6) is -1.76. The number of hydrazine groups is 1. The van der Waals surface area contributed by atoms with Crippen LogP contribution in [0, 0.1) is 0 Å². The molecule has 146 valence electrons. The van der Waals surface area contributed by atoms with Gasteiger partial charge < -0.3 is 4.74 Å². The van der Waals surface area contributed by atoms with E-state index < -0.39 is 29.7 Å². The first-order valence-electron chi connectivity index (χ1n) is 8.36. The van der Waals surface area contributed by atoms with Gasteiger partial charge in [-0.25, -0.2) is 15.1 Å². The second-order valence-corrected chi connectivity index (χ2v) is 8.26. The van der Waals surface area contributed by atoms with Crippen molar-refractivity contribution in [1.29, 1.82) is 0 Å². The smallest absolute Gasteiger partial charge is 0.338 e. The number of ether oxygens (including phenoxy) is 1. The maximum absolute atomic E-state index is 12.6. The number of halogens is 1. The number of imide groups is 1. The van der Waals surface area contributed by atoms with Crippen LogP contribution in [-0.2, 0) is 14.3 Å². The molecule has 2 N–H and O–H groups in total. The van der Waals surface area contributed by atoms with Gasteiger partial charge in [-0.05, 0) is 59.3 Å². The molecule has 1 aromatic heterocycles. The average molecular weight is 466 g/mol. The van der Waals surface area contributed by atoms with E-state index in [0.29, 0.717) is 16.1 Å². The molecular weight excluding hydrogens is 450 g/mol. The van der Waals surface area contributed by atoms with E-state index >= 15 is 0 Å². The van der Waals surface area contributed by atoms with Gasteiger partial charge in [-0.2, -0.15) is 0 Å². The zero-order valence-electron chi connectivity index (χ0n) is 14.7. The lowest BCUT2D eigenvalue weighted by Gasteiger charge is -2.16. The van der Waals surface area contributed by atoms with Gasteiger partial charge >= 0.3 is 5.97 Å². The van der Waals surface area contributed by atoms with E-state index in [1.54, 1.807) is 19.1 Å². The van der Waals surface area contributed by atoms with Crippen molar-refractivity contribution in [3.05, 3.63) is 50.6 Å². The molecule has 0 spiro atoms. The van der Waals surface area contributed by atoms with Crippen LogP contribution in [0.2, 0.25) is 0 Å². The third-order valence-electron chi connectivity index (χ3n) is 3.94. The largest absolute Gasteiger partial charge is 0.462 e. The number of nitrogens with one attached hydrogen (secondary N) is 2. The Morgan fingerprint density at radius 1 is 1.21 bits per heavy atom. The molecule has 0 radical (unpaired) electrons. The molecule has 1 atom stereocenters. The van der Waals surface area contributed by atoms with Gasteiger partial charge in [-0.15, -0.1) is 11.3 Å². The molecule has 8 nitrogen and oxygen atoms in total. The van der Waals surface area contributed by atoms with Crippen LogP contribution in [0.5, 0.6) is 0 Å². The topological polar surface area (TPSA) is 105 Å². The van der Waals surface area contributed by atoms with Gasteiger partial charge in [0.15, 0.2) is 0 Å². The zero-order valence-corrected chi connectivity index (χ0v) is 17.1. The number of esters is 1. The Balaban J connectivity index is 1.64. The van der Waals surface area contributed by atoms with Crippen molar-refractivity contribution in [1.82, 2.24) is 10.9 Å². The molecule has 0 bridgehead atoms. The van der Waals surface area contributed by atoms with E-state index in [1.165, 1.54) is 35.6 Å². The first-order valence-corrected chi connectivity index (χ1v) is 9.97. The van der Waals surface area contributed by atoms with Gasteiger partial charge in [-0.1, -0.05) is 0 Å². The number of carbonyl (C=O) groups excluding carboxylic acids is 4. The maximum Gasteiger partial charge on any atom is 0.338 e. The number of anilines is 1.